The van der Waals surface area contributed by atoms with Crippen LogP contribution in [0.15, 0.2) is 87.4 Å². The van der Waals surface area contributed by atoms with Crippen LogP contribution < -0.4 is 105 Å². The van der Waals surface area contributed by atoms with Crippen LogP contribution in [0.5, 0.6) is 0 Å². The van der Waals surface area contributed by atoms with Crippen molar-refractivity contribution in [3.05, 3.63) is 122 Å². The van der Waals surface area contributed by atoms with E-state index in [9.17, 15) is 55.8 Å². The molecule has 59 heavy (non-hydrogen) atoms. The Balaban J connectivity index is 0.00000164. The van der Waals surface area contributed by atoms with Gasteiger partial charge in [0.15, 0.2) is 15.6 Å². The summed E-state index contributed by atoms with van der Waals surface area (Å²) in [5.41, 5.74) is -3.47. The van der Waals surface area contributed by atoms with Gasteiger partial charge in [-0.1, -0.05) is 42.1 Å². The Kier molecular flexibility index (Phi) is 18.6. The monoisotopic (exact) mass is 893 g/mol. The van der Waals surface area contributed by atoms with Crippen LogP contribution >= 0.6 is 0 Å². The summed E-state index contributed by atoms with van der Waals surface area (Å²) in [6, 6.07) is 18.0. The molecule has 0 fully saturated rings. The molecule has 0 spiro atoms. The molecular weight excluding hydrogens is 872 g/mol. The number of pyridine rings is 1. The van der Waals surface area contributed by atoms with Crippen molar-refractivity contribution in [1.29, 1.82) is 0 Å². The molecule has 0 saturated carbocycles. The molecule has 0 bridgehead atoms. The number of hydrogen-bond donors (Lipinski definition) is 2. The Morgan fingerprint density at radius 2 is 1.54 bits per heavy atom. The summed E-state index contributed by atoms with van der Waals surface area (Å²) >= 11 is 0. The number of carboxylic acid groups (broad SMARTS) is 1. The van der Waals surface area contributed by atoms with Crippen molar-refractivity contribution >= 4 is 76.3 Å². The van der Waals surface area contributed by atoms with Gasteiger partial charge in [0.2, 0.25) is 0 Å². The first kappa shape index (κ1) is 51.5. The van der Waals surface area contributed by atoms with E-state index in [2.05, 4.69) is 16.4 Å². The molecule has 4 aromatic carbocycles. The largest absolute Gasteiger partial charge is 1.00 e. The second kappa shape index (κ2) is 21.3. The Bertz CT molecular complexity index is 2900. The van der Waals surface area contributed by atoms with E-state index in [1.807, 2.05) is 0 Å². The van der Waals surface area contributed by atoms with Crippen LogP contribution in [0.25, 0.3) is 22.0 Å². The summed E-state index contributed by atoms with van der Waals surface area (Å²) < 4.78 is 94.5. The molecule has 0 unspecified atom stereocenters. The third-order valence-electron chi connectivity index (χ3n) is 8.09. The minimum Gasteiger partial charge on any atom is -0.744 e. The van der Waals surface area contributed by atoms with Crippen molar-refractivity contribution in [3.8, 4) is 11.1 Å². The smallest absolute Gasteiger partial charge is 0.744 e. The number of aromatic amines is 1. The van der Waals surface area contributed by atoms with Gasteiger partial charge in [-0.25, -0.2) is 21.6 Å². The van der Waals surface area contributed by atoms with Gasteiger partial charge in [0.05, 0.1) is 26.7 Å². The average molecular weight is 894 g/mol. The maximum absolute atomic E-state index is 14.1. The standard InChI is InChI=1S/C34H24N3O13S2.3Na.O3S/c38-26(39)12-5-13-51(45,46)21-9-4-7-19(15-21)35-24-16-25(52(47,48)49)31-29-27(22-10-1-2-11-23(22)32(40)28(24)29)30(33(41)36-31)34(42)50-17-18-6-3-8-20(14-18)37(43)44;;;;1-4(2)3/h1-4,6,8-11,14-16,35H,5,12-13,17H2,(H,36,41)(H,38,39)(H,47,48,49);;;;/q-1;3*+1;/p-2. The van der Waals surface area contributed by atoms with E-state index < -0.39 is 93.5 Å². The number of ether oxygens (including phenoxy) is 1. The molecule has 1 aliphatic rings. The molecule has 1 aromatic heterocycles. The average Bonchev–Trinajstić information content (AvgIpc) is 3.12. The first-order valence-electron chi connectivity index (χ1n) is 15.6. The first-order valence-corrected chi connectivity index (χ1v) is 19.6. The van der Waals surface area contributed by atoms with Crippen LogP contribution in [0.1, 0.15) is 44.7 Å². The number of ketones is 1. The molecule has 290 valence electrons. The number of carbonyl (C=O) groups excluding carboxylic acids is 3. The molecule has 19 nitrogen and oxygen atoms in total. The number of nitro groups is 1. The third kappa shape index (κ3) is 12.0. The molecule has 0 amide bonds. The van der Waals surface area contributed by atoms with E-state index in [0.29, 0.717) is 0 Å². The Morgan fingerprint density at radius 1 is 0.898 bits per heavy atom. The number of nitrogens with one attached hydrogen (secondary N) is 2. The fourth-order valence-electron chi connectivity index (χ4n) is 5.84. The molecule has 1 aliphatic carbocycles. The maximum Gasteiger partial charge on any atom is 1.00 e. The van der Waals surface area contributed by atoms with Gasteiger partial charge in [0.1, 0.15) is 22.3 Å². The summed E-state index contributed by atoms with van der Waals surface area (Å²) in [5, 5.41) is 24.4. The molecule has 0 radical (unpaired) electrons. The van der Waals surface area contributed by atoms with Gasteiger partial charge in [0, 0.05) is 40.3 Å². The number of nitro benzene ring substituents is 1. The third-order valence-corrected chi connectivity index (χ3v) is 10.7. The van der Waals surface area contributed by atoms with Crippen LogP contribution in [0, 0.1) is 16.2 Å². The molecule has 25 heteroatoms. The Labute approximate surface area is 401 Å². The van der Waals surface area contributed by atoms with Crippen molar-refractivity contribution in [2.24, 2.45) is 0 Å². The number of non-ortho nitro benzene ring substituents is 1. The van der Waals surface area contributed by atoms with Gasteiger partial charge in [0.25, 0.3) is 11.2 Å². The number of carbonyl (C=O) groups is 3. The van der Waals surface area contributed by atoms with Crippen LogP contribution in [0.3, 0.4) is 0 Å². The molecule has 2 N–H and O–H groups in total. The number of aromatic nitrogens is 1. The minimum atomic E-state index is -5.41. The molecule has 0 atom stereocenters. The summed E-state index contributed by atoms with van der Waals surface area (Å²) in [5.74, 6) is -3.94. The second-order valence-corrected chi connectivity index (χ2v) is 15.5. The van der Waals surface area contributed by atoms with Gasteiger partial charge in [-0.15, -0.1) is 18.7 Å². The van der Waals surface area contributed by atoms with Crippen molar-refractivity contribution in [1.82, 2.24) is 4.98 Å². The summed E-state index contributed by atoms with van der Waals surface area (Å²) in [6.45, 7) is -0.519. The molecule has 6 rings (SSSR count). The van der Waals surface area contributed by atoms with E-state index in [1.54, 1.807) is 0 Å². The molecule has 0 aliphatic heterocycles. The number of esters is 1. The van der Waals surface area contributed by atoms with E-state index in [0.717, 1.165) is 18.2 Å². The number of H-pyrrole nitrogens is 1. The Hall–Kier alpha value is -3.62. The van der Waals surface area contributed by atoms with Crippen molar-refractivity contribution in [2.75, 3.05) is 11.1 Å². The van der Waals surface area contributed by atoms with E-state index in [4.69, 9.17) is 17.4 Å². The zero-order valence-corrected chi connectivity index (χ0v) is 39.4. The van der Waals surface area contributed by atoms with Gasteiger partial charge in [-0.3, -0.25) is 19.7 Å². The van der Waals surface area contributed by atoms with Crippen LogP contribution in [0.2, 0.25) is 0 Å². The summed E-state index contributed by atoms with van der Waals surface area (Å²) in [6.07, 6.45) is -0.745. The zero-order chi connectivity index (χ0) is 41.1. The van der Waals surface area contributed by atoms with E-state index in [-0.39, 0.29) is 150 Å². The molecule has 1 heterocycles. The van der Waals surface area contributed by atoms with Crippen LogP contribution in [-0.2, 0) is 46.7 Å². The normalized spacial score (nSPS) is 11.2. The second-order valence-electron chi connectivity index (χ2n) is 11.6. The number of fused-ring (bicyclic) bond motifs is 2. The number of sulfone groups is 1. The predicted octanol–water partition coefficient (Wildman–Crippen LogP) is -7.24. The number of rotatable bonds is 12. The zero-order valence-electron chi connectivity index (χ0n) is 31.0. The van der Waals surface area contributed by atoms with Gasteiger partial charge >= 0.3 is 105 Å². The van der Waals surface area contributed by atoms with Gasteiger partial charge < -0.3 is 29.5 Å². The number of anilines is 2. The SMILES string of the molecule is O=C([O-])CCCS(=O)(=O)c1cc[c-]c(Nc2cc(S(=O)(=O)[O-])c3[nH]c(=O)c(C(=O)OCc4cccc([N+](=O)[O-])c4)c4c3c2C(=O)c2ccccc2-4)c1.O=S(=O)=O.[Na+].[Na+].[Na+]. The number of hydrogen-bond acceptors (Lipinski definition) is 17. The Morgan fingerprint density at radius 3 is 2.15 bits per heavy atom. The van der Waals surface area contributed by atoms with Crippen molar-refractivity contribution < 1.29 is 152 Å². The maximum atomic E-state index is 14.1. The fraction of sp³-hybridized carbons (Fsp3) is 0.118. The fourth-order valence-corrected chi connectivity index (χ4v) is 7.84. The predicted molar refractivity (Wildman–Crippen MR) is 188 cm³/mol. The number of benzene rings is 4. The summed E-state index contributed by atoms with van der Waals surface area (Å²) in [4.78, 5) is 63.7. The van der Waals surface area contributed by atoms with E-state index >= 15 is 0 Å². The molecule has 5 aromatic rings. The first-order chi connectivity index (χ1) is 26.3. The van der Waals surface area contributed by atoms with Crippen molar-refractivity contribution in [3.63, 3.8) is 0 Å². The number of aliphatic carboxylic acids is 1. The quantitative estimate of drug-likeness (QED) is 0.0288. The molecule has 0 saturated heterocycles. The topological polar surface area (TPSA) is 314 Å². The van der Waals surface area contributed by atoms with Crippen LogP contribution in [0.4, 0.5) is 17.1 Å². The van der Waals surface area contributed by atoms with Crippen LogP contribution in [-0.4, -0.2) is 67.4 Å². The number of nitrogens with zero attached hydrogens (tertiary/aromatic N) is 1. The number of carboxylic acids is 1. The minimum absolute atomic E-state index is 0. The van der Waals surface area contributed by atoms with Gasteiger partial charge in [-0.2, -0.15) is 18.2 Å². The van der Waals surface area contributed by atoms with Gasteiger partial charge in [-0.05, 0) is 34.9 Å². The summed E-state index contributed by atoms with van der Waals surface area (Å²) in [7, 11) is -12.6. The van der Waals surface area contributed by atoms with Crippen molar-refractivity contribution in [2.45, 2.75) is 29.2 Å². The van der Waals surface area contributed by atoms with E-state index in [1.165, 1.54) is 54.6 Å². The molecular formula is C34H22N3Na3O16S3.